The Morgan fingerprint density at radius 1 is 1.18 bits per heavy atom. The lowest BCUT2D eigenvalue weighted by molar-refractivity contribution is 0.308. The summed E-state index contributed by atoms with van der Waals surface area (Å²) in [5, 5.41) is -0.554. The van der Waals surface area contributed by atoms with E-state index in [9.17, 15) is 16.8 Å². The Hall–Kier alpha value is -0.920. The van der Waals surface area contributed by atoms with Crippen LogP contribution in [0, 0.1) is 12.8 Å². The molecular weight excluding hydrogens is 322 g/mol. The molecule has 0 bridgehead atoms. The summed E-state index contributed by atoms with van der Waals surface area (Å²) in [4.78, 5) is 0. The van der Waals surface area contributed by atoms with Crippen LogP contribution in [0.5, 0.6) is 0 Å². The summed E-state index contributed by atoms with van der Waals surface area (Å²) in [5.41, 5.74) is 1.74. The van der Waals surface area contributed by atoms with Crippen molar-refractivity contribution >= 4 is 19.9 Å². The fourth-order valence-corrected chi connectivity index (χ4v) is 6.36. The summed E-state index contributed by atoms with van der Waals surface area (Å²) in [5.74, 6) is 0.0951. The Morgan fingerprint density at radius 2 is 1.82 bits per heavy atom. The lowest BCUT2D eigenvalue weighted by atomic mass is 10.2. The van der Waals surface area contributed by atoms with Crippen molar-refractivity contribution in [2.75, 3.05) is 18.8 Å². The van der Waals surface area contributed by atoms with Crippen molar-refractivity contribution in [2.45, 2.75) is 31.8 Å². The van der Waals surface area contributed by atoms with Crippen molar-refractivity contribution < 1.29 is 16.8 Å². The Labute approximate surface area is 133 Å². The van der Waals surface area contributed by atoms with Gasteiger partial charge in [-0.15, -0.1) is 0 Å². The molecule has 1 saturated heterocycles. The van der Waals surface area contributed by atoms with E-state index in [1.165, 1.54) is 4.31 Å². The highest BCUT2D eigenvalue weighted by Crippen LogP contribution is 2.24. The van der Waals surface area contributed by atoms with Gasteiger partial charge in [0.15, 0.2) is 9.84 Å². The van der Waals surface area contributed by atoms with Crippen molar-refractivity contribution in [1.29, 1.82) is 0 Å². The van der Waals surface area contributed by atoms with Gasteiger partial charge in [0.2, 0.25) is 10.0 Å². The highest BCUT2D eigenvalue weighted by atomic mass is 32.2. The van der Waals surface area contributed by atoms with Crippen LogP contribution in [0.3, 0.4) is 0 Å². The van der Waals surface area contributed by atoms with Gasteiger partial charge in [0.1, 0.15) is 0 Å². The largest absolute Gasteiger partial charge is 0.228 e. The minimum atomic E-state index is -3.45. The predicted molar refractivity (Wildman–Crippen MR) is 87.8 cm³/mol. The summed E-state index contributed by atoms with van der Waals surface area (Å²) >= 11 is 0. The van der Waals surface area contributed by atoms with Crippen molar-refractivity contribution in [3.05, 3.63) is 35.4 Å². The van der Waals surface area contributed by atoms with E-state index in [0.717, 1.165) is 11.1 Å². The molecule has 1 aromatic rings. The summed E-state index contributed by atoms with van der Waals surface area (Å²) < 4.78 is 50.1. The first-order chi connectivity index (χ1) is 10.1. The number of hydrogen-bond acceptors (Lipinski definition) is 4. The van der Waals surface area contributed by atoms with Crippen molar-refractivity contribution in [3.8, 4) is 0 Å². The first kappa shape index (κ1) is 17.4. The third-order valence-electron chi connectivity index (χ3n) is 3.71. The van der Waals surface area contributed by atoms with Crippen LogP contribution in [0.4, 0.5) is 0 Å². The molecule has 0 spiro atoms. The molecule has 1 aliphatic rings. The molecule has 124 valence electrons. The van der Waals surface area contributed by atoms with E-state index in [-0.39, 0.29) is 30.5 Å². The van der Waals surface area contributed by atoms with Gasteiger partial charge < -0.3 is 0 Å². The molecule has 22 heavy (non-hydrogen) atoms. The second kappa shape index (κ2) is 6.29. The maximum atomic E-state index is 12.3. The van der Waals surface area contributed by atoms with Crippen molar-refractivity contribution in [1.82, 2.24) is 4.31 Å². The lowest BCUT2D eigenvalue weighted by Crippen LogP contribution is -2.57. The number of hydrogen-bond donors (Lipinski definition) is 0. The summed E-state index contributed by atoms with van der Waals surface area (Å²) in [7, 11) is -6.65. The zero-order chi connectivity index (χ0) is 16.5. The van der Waals surface area contributed by atoms with Gasteiger partial charge in [-0.05, 0) is 18.4 Å². The normalized spacial score (nSPS) is 17.6. The SMILES string of the molecule is Cc1cccc(CS(=O)(=O)N2CC(S(=O)(=O)CC(C)C)C2)c1. The van der Waals surface area contributed by atoms with Gasteiger partial charge >= 0.3 is 0 Å². The third kappa shape index (κ3) is 4.08. The van der Waals surface area contributed by atoms with Gasteiger partial charge in [-0.2, -0.15) is 4.31 Å². The minimum Gasteiger partial charge on any atom is -0.228 e. The lowest BCUT2D eigenvalue weighted by Gasteiger charge is -2.37. The van der Waals surface area contributed by atoms with E-state index >= 15 is 0 Å². The maximum absolute atomic E-state index is 12.3. The molecule has 1 aliphatic heterocycles. The molecule has 1 aromatic carbocycles. The van der Waals surface area contributed by atoms with Crippen LogP contribution in [-0.4, -0.2) is 45.2 Å². The first-order valence-corrected chi connectivity index (χ1v) is 10.7. The van der Waals surface area contributed by atoms with Crippen molar-refractivity contribution in [3.63, 3.8) is 0 Å². The molecule has 0 unspecified atom stereocenters. The molecule has 0 N–H and O–H groups in total. The Morgan fingerprint density at radius 3 is 2.36 bits per heavy atom. The first-order valence-electron chi connectivity index (χ1n) is 7.35. The molecule has 1 heterocycles. The molecule has 5 nitrogen and oxygen atoms in total. The Bertz CT molecular complexity index is 733. The zero-order valence-corrected chi connectivity index (χ0v) is 14.8. The van der Waals surface area contributed by atoms with E-state index in [4.69, 9.17) is 0 Å². The van der Waals surface area contributed by atoms with Crippen LogP contribution in [-0.2, 0) is 25.6 Å². The number of rotatable bonds is 6. The molecule has 0 amide bonds. The average molecular weight is 345 g/mol. The topological polar surface area (TPSA) is 71.5 Å². The number of nitrogens with zero attached hydrogens (tertiary/aromatic N) is 1. The fraction of sp³-hybridized carbons (Fsp3) is 0.600. The second-order valence-electron chi connectivity index (χ2n) is 6.41. The van der Waals surface area contributed by atoms with Gasteiger partial charge in [0.05, 0.1) is 16.8 Å². The standard InChI is InChI=1S/C15H23NO4S2/c1-12(2)10-21(17,18)15-8-16(9-15)22(19,20)11-14-6-4-5-13(3)7-14/h4-7,12,15H,8-11H2,1-3H3. The quantitative estimate of drug-likeness (QED) is 0.785. The molecular formula is C15H23NO4S2. The molecule has 0 saturated carbocycles. The minimum absolute atomic E-state index is 0.0583. The molecule has 1 fully saturated rings. The summed E-state index contributed by atoms with van der Waals surface area (Å²) in [6.45, 7) is 5.78. The average Bonchev–Trinajstić information content (AvgIpc) is 2.22. The van der Waals surface area contributed by atoms with E-state index in [0.29, 0.717) is 0 Å². The molecule has 0 aromatic heterocycles. The number of sulfonamides is 1. The van der Waals surface area contributed by atoms with Gasteiger partial charge in [-0.25, -0.2) is 16.8 Å². The van der Waals surface area contributed by atoms with Crippen molar-refractivity contribution in [2.24, 2.45) is 5.92 Å². The highest BCUT2D eigenvalue weighted by Gasteiger charge is 2.42. The summed E-state index contributed by atoms with van der Waals surface area (Å²) in [6.07, 6.45) is 0. The van der Waals surface area contributed by atoms with Gasteiger partial charge in [-0.1, -0.05) is 43.7 Å². The second-order valence-corrected chi connectivity index (χ2v) is 10.7. The van der Waals surface area contributed by atoms with E-state index < -0.39 is 25.1 Å². The van der Waals surface area contributed by atoms with Crippen LogP contribution in [0.1, 0.15) is 25.0 Å². The highest BCUT2D eigenvalue weighted by molar-refractivity contribution is 7.92. The Balaban J connectivity index is 2.00. The number of aryl methyl sites for hydroxylation is 1. The molecule has 0 atom stereocenters. The maximum Gasteiger partial charge on any atom is 0.218 e. The Kier molecular flexibility index (Phi) is 4.99. The number of sulfone groups is 1. The molecule has 0 radical (unpaired) electrons. The monoisotopic (exact) mass is 345 g/mol. The van der Waals surface area contributed by atoms with Crippen LogP contribution in [0.25, 0.3) is 0 Å². The summed E-state index contributed by atoms with van der Waals surface area (Å²) in [6, 6.07) is 7.35. The fourth-order valence-electron chi connectivity index (χ4n) is 2.56. The van der Waals surface area contributed by atoms with Gasteiger partial charge in [0.25, 0.3) is 0 Å². The van der Waals surface area contributed by atoms with E-state index in [1.54, 1.807) is 6.07 Å². The van der Waals surface area contributed by atoms with Gasteiger partial charge in [-0.3, -0.25) is 0 Å². The molecule has 0 aliphatic carbocycles. The zero-order valence-electron chi connectivity index (χ0n) is 13.2. The smallest absolute Gasteiger partial charge is 0.218 e. The molecule has 2 rings (SSSR count). The van der Waals surface area contributed by atoms with E-state index in [2.05, 4.69) is 0 Å². The molecule has 7 heteroatoms. The van der Waals surface area contributed by atoms with E-state index in [1.807, 2.05) is 39.0 Å². The predicted octanol–water partition coefficient (Wildman–Crippen LogP) is 1.58. The number of benzene rings is 1. The van der Waals surface area contributed by atoms with Crippen LogP contribution >= 0.6 is 0 Å². The van der Waals surface area contributed by atoms with Crippen LogP contribution < -0.4 is 0 Å². The van der Waals surface area contributed by atoms with Crippen LogP contribution in [0.15, 0.2) is 24.3 Å². The third-order valence-corrected chi connectivity index (χ3v) is 7.94. The van der Waals surface area contributed by atoms with Gasteiger partial charge in [0, 0.05) is 13.1 Å². The van der Waals surface area contributed by atoms with Crippen LogP contribution in [0.2, 0.25) is 0 Å².